The molecule has 5 nitrogen and oxygen atoms in total. The Labute approximate surface area is 122 Å². The van der Waals surface area contributed by atoms with Crippen molar-refractivity contribution in [2.75, 3.05) is 6.54 Å². The number of sulfonamides is 1. The molecule has 1 aromatic rings. The van der Waals surface area contributed by atoms with Gasteiger partial charge in [0.1, 0.15) is 10.7 Å². The van der Waals surface area contributed by atoms with Crippen molar-refractivity contribution in [2.24, 2.45) is 11.7 Å². The Morgan fingerprint density at radius 2 is 2.21 bits per heavy atom. The molecule has 2 unspecified atom stereocenters. The fourth-order valence-corrected chi connectivity index (χ4v) is 5.16. The summed E-state index contributed by atoms with van der Waals surface area (Å²) in [7, 11) is -3.52. The minimum absolute atomic E-state index is 0.0110. The third kappa shape index (κ3) is 2.89. The highest BCUT2D eigenvalue weighted by atomic mass is 79.9. The van der Waals surface area contributed by atoms with Gasteiger partial charge in [0.25, 0.3) is 0 Å². The molecule has 0 aromatic carbocycles. The summed E-state index contributed by atoms with van der Waals surface area (Å²) in [6.45, 7) is 4.84. The molecule has 2 atom stereocenters. The smallest absolute Gasteiger partial charge is 0.247 e. The highest BCUT2D eigenvalue weighted by molar-refractivity contribution is 9.10. The number of nitrogens with two attached hydrogens (primary N) is 1. The summed E-state index contributed by atoms with van der Waals surface area (Å²) in [4.78, 5) is 0.175. The van der Waals surface area contributed by atoms with Gasteiger partial charge in [-0.15, -0.1) is 0 Å². The Balaban J connectivity index is 2.34. The first-order chi connectivity index (χ1) is 8.86. The van der Waals surface area contributed by atoms with E-state index < -0.39 is 10.0 Å². The van der Waals surface area contributed by atoms with Crippen LogP contribution in [-0.2, 0) is 16.6 Å². The maximum atomic E-state index is 12.6. The summed E-state index contributed by atoms with van der Waals surface area (Å²) >= 11 is 3.16. The van der Waals surface area contributed by atoms with Gasteiger partial charge in [-0.3, -0.25) is 0 Å². The van der Waals surface area contributed by atoms with E-state index in [1.165, 1.54) is 6.07 Å². The van der Waals surface area contributed by atoms with Gasteiger partial charge >= 0.3 is 0 Å². The molecule has 0 saturated carbocycles. The Morgan fingerprint density at radius 1 is 1.53 bits per heavy atom. The second kappa shape index (κ2) is 5.55. The van der Waals surface area contributed by atoms with Crippen LogP contribution in [0.15, 0.2) is 20.0 Å². The number of hydrogen-bond acceptors (Lipinski definition) is 4. The molecule has 0 amide bonds. The van der Waals surface area contributed by atoms with Crippen LogP contribution < -0.4 is 5.73 Å². The molecule has 1 aromatic heterocycles. The molecule has 1 saturated heterocycles. The average Bonchev–Trinajstić information content (AvgIpc) is 2.70. The number of furan rings is 1. The van der Waals surface area contributed by atoms with E-state index in [9.17, 15) is 8.42 Å². The van der Waals surface area contributed by atoms with Crippen molar-refractivity contribution in [3.8, 4) is 0 Å². The molecule has 7 heteroatoms. The molecular weight excluding hydrogens is 332 g/mol. The number of halogens is 1. The molecule has 0 spiro atoms. The van der Waals surface area contributed by atoms with Crippen LogP contribution in [0.2, 0.25) is 0 Å². The van der Waals surface area contributed by atoms with Crippen LogP contribution in [0.5, 0.6) is 0 Å². The first-order valence-corrected chi connectivity index (χ1v) is 8.59. The Hall–Kier alpha value is -0.370. The van der Waals surface area contributed by atoms with E-state index in [2.05, 4.69) is 22.9 Å². The van der Waals surface area contributed by atoms with Crippen LogP contribution in [0, 0.1) is 5.92 Å². The molecule has 19 heavy (non-hydrogen) atoms. The van der Waals surface area contributed by atoms with Crippen LogP contribution in [0.4, 0.5) is 0 Å². The number of nitrogens with zero attached hydrogens (tertiary/aromatic N) is 1. The van der Waals surface area contributed by atoms with Crippen molar-refractivity contribution in [3.05, 3.63) is 16.5 Å². The van der Waals surface area contributed by atoms with Crippen LogP contribution in [-0.4, -0.2) is 25.3 Å². The zero-order valence-corrected chi connectivity index (χ0v) is 13.5. The van der Waals surface area contributed by atoms with Crippen LogP contribution in [0.25, 0.3) is 0 Å². The molecule has 0 aliphatic carbocycles. The summed E-state index contributed by atoms with van der Waals surface area (Å²) in [5.41, 5.74) is 5.48. The SMILES string of the molecule is CC1CCN(S(=O)(=O)c2cc(CN)oc2Br)C(C)C1. The van der Waals surface area contributed by atoms with Gasteiger partial charge in [0.2, 0.25) is 10.0 Å². The third-order valence-corrected chi connectivity index (χ3v) is 6.44. The van der Waals surface area contributed by atoms with E-state index >= 15 is 0 Å². The van der Waals surface area contributed by atoms with E-state index in [1.54, 1.807) is 4.31 Å². The van der Waals surface area contributed by atoms with Crippen LogP contribution in [0.3, 0.4) is 0 Å². The second-order valence-electron chi connectivity index (χ2n) is 5.15. The zero-order chi connectivity index (χ0) is 14.2. The molecule has 0 bridgehead atoms. The van der Waals surface area contributed by atoms with E-state index in [0.29, 0.717) is 18.2 Å². The Bertz CT molecular complexity index is 555. The molecule has 0 radical (unpaired) electrons. The maximum Gasteiger partial charge on any atom is 0.247 e. The minimum Gasteiger partial charge on any atom is -0.452 e. The molecule has 2 N–H and O–H groups in total. The summed E-state index contributed by atoms with van der Waals surface area (Å²) in [6, 6.07) is 1.52. The topological polar surface area (TPSA) is 76.5 Å². The van der Waals surface area contributed by atoms with E-state index in [4.69, 9.17) is 10.2 Å². The third-order valence-electron chi connectivity index (χ3n) is 3.57. The van der Waals surface area contributed by atoms with Gasteiger partial charge < -0.3 is 10.2 Å². The molecule has 1 aliphatic heterocycles. The number of hydrogen-bond donors (Lipinski definition) is 1. The summed E-state index contributed by atoms with van der Waals surface area (Å²) in [5.74, 6) is 1.03. The van der Waals surface area contributed by atoms with Gasteiger partial charge in [-0.1, -0.05) is 6.92 Å². The molecule has 1 aliphatic rings. The first-order valence-electron chi connectivity index (χ1n) is 6.36. The van der Waals surface area contributed by atoms with E-state index in [-0.39, 0.29) is 22.2 Å². The molecule has 2 heterocycles. The quantitative estimate of drug-likeness (QED) is 0.907. The Morgan fingerprint density at radius 3 is 2.74 bits per heavy atom. The lowest BCUT2D eigenvalue weighted by atomic mass is 9.95. The summed E-state index contributed by atoms with van der Waals surface area (Å²) in [6.07, 6.45) is 1.78. The summed E-state index contributed by atoms with van der Waals surface area (Å²) in [5, 5.41) is 0. The largest absolute Gasteiger partial charge is 0.452 e. The number of rotatable bonds is 3. The molecule has 2 rings (SSSR count). The second-order valence-corrected chi connectivity index (χ2v) is 7.73. The van der Waals surface area contributed by atoms with Gasteiger partial charge in [-0.25, -0.2) is 8.42 Å². The van der Waals surface area contributed by atoms with Gasteiger partial charge in [0.15, 0.2) is 4.67 Å². The highest BCUT2D eigenvalue weighted by Gasteiger charge is 2.35. The van der Waals surface area contributed by atoms with Crippen molar-refractivity contribution >= 4 is 26.0 Å². The van der Waals surface area contributed by atoms with Crippen LogP contribution >= 0.6 is 15.9 Å². The van der Waals surface area contributed by atoms with Crippen molar-refractivity contribution in [2.45, 2.75) is 44.2 Å². The van der Waals surface area contributed by atoms with E-state index in [0.717, 1.165) is 12.8 Å². The van der Waals surface area contributed by atoms with Gasteiger partial charge in [-0.2, -0.15) is 4.31 Å². The Kier molecular flexibility index (Phi) is 4.39. The first kappa shape index (κ1) is 15.0. The zero-order valence-electron chi connectivity index (χ0n) is 11.1. The maximum absolute atomic E-state index is 12.6. The minimum atomic E-state index is -3.52. The van der Waals surface area contributed by atoms with Crippen molar-refractivity contribution in [1.82, 2.24) is 4.31 Å². The molecule has 1 fully saturated rings. The predicted octanol–water partition coefficient (Wildman–Crippen LogP) is 2.31. The van der Waals surface area contributed by atoms with Crippen molar-refractivity contribution in [3.63, 3.8) is 0 Å². The fraction of sp³-hybridized carbons (Fsp3) is 0.667. The molecular formula is C12H19BrN2O3S. The lowest BCUT2D eigenvalue weighted by Crippen LogP contribution is -2.44. The lowest BCUT2D eigenvalue weighted by molar-refractivity contribution is 0.220. The van der Waals surface area contributed by atoms with E-state index in [1.807, 2.05) is 6.92 Å². The molecule has 108 valence electrons. The summed E-state index contributed by atoms with van der Waals surface area (Å²) < 4.78 is 32.4. The number of piperidine rings is 1. The van der Waals surface area contributed by atoms with Crippen LogP contribution in [0.1, 0.15) is 32.4 Å². The highest BCUT2D eigenvalue weighted by Crippen LogP contribution is 2.33. The monoisotopic (exact) mass is 350 g/mol. The van der Waals surface area contributed by atoms with Crippen molar-refractivity contribution < 1.29 is 12.8 Å². The van der Waals surface area contributed by atoms with Gasteiger partial charge in [-0.05, 0) is 41.6 Å². The van der Waals surface area contributed by atoms with Gasteiger partial charge in [0, 0.05) is 18.7 Å². The standard InChI is InChI=1S/C12H19BrN2O3S/c1-8-3-4-15(9(2)5-8)19(16,17)11-6-10(7-14)18-12(11)13/h6,8-9H,3-5,7,14H2,1-2H3. The normalized spacial score (nSPS) is 25.7. The van der Waals surface area contributed by atoms with Crippen molar-refractivity contribution in [1.29, 1.82) is 0 Å². The fourth-order valence-electron chi connectivity index (χ4n) is 2.54. The average molecular weight is 351 g/mol. The van der Waals surface area contributed by atoms with Gasteiger partial charge in [0.05, 0.1) is 6.54 Å². The predicted molar refractivity (Wildman–Crippen MR) is 76.1 cm³/mol. The lowest BCUT2D eigenvalue weighted by Gasteiger charge is -2.35.